The Morgan fingerprint density at radius 1 is 0.255 bits per heavy atom. The number of fused-ring (bicyclic) bond motifs is 14. The summed E-state index contributed by atoms with van der Waals surface area (Å²) in [6.45, 7) is 0. The topological polar surface area (TPSA) is 106 Å². The van der Waals surface area contributed by atoms with E-state index in [-0.39, 0.29) is 24.0 Å². The first-order valence-corrected chi connectivity index (χ1v) is 31.8. The van der Waals surface area contributed by atoms with Crippen molar-refractivity contribution in [3.63, 3.8) is 0 Å². The van der Waals surface area contributed by atoms with E-state index >= 15 is 0 Å². The number of rotatable bonds is 9. The van der Waals surface area contributed by atoms with Crippen LogP contribution in [-0.4, -0.2) is 39.0 Å². The van der Waals surface area contributed by atoms with Crippen LogP contribution in [0.3, 0.4) is 0 Å². The Morgan fingerprint density at radius 2 is 0.564 bits per heavy atom. The van der Waals surface area contributed by atoms with Gasteiger partial charge in [0.25, 0.3) is 0 Å². The Labute approximate surface area is 542 Å². The highest BCUT2D eigenvalue weighted by molar-refractivity contribution is 5.94. The van der Waals surface area contributed by atoms with Gasteiger partial charge in [0.2, 0.25) is 0 Å². The van der Waals surface area contributed by atoms with Crippen molar-refractivity contribution in [2.75, 3.05) is 0 Å². The molecule has 0 saturated carbocycles. The van der Waals surface area contributed by atoms with E-state index in [0.717, 1.165) is 84.3 Å². The van der Waals surface area contributed by atoms with Crippen molar-refractivity contribution in [1.29, 1.82) is 0 Å². The van der Waals surface area contributed by atoms with Gasteiger partial charge in [0.1, 0.15) is 23.7 Å². The highest BCUT2D eigenvalue weighted by Crippen LogP contribution is 2.57. The van der Waals surface area contributed by atoms with Gasteiger partial charge in [-0.25, -0.2) is 29.9 Å². The molecule has 11 aromatic carbocycles. The number of ether oxygens (including phenoxy) is 2. The summed E-state index contributed by atoms with van der Waals surface area (Å²) in [6, 6.07) is 100.0. The van der Waals surface area contributed by atoms with Crippen LogP contribution in [0.15, 0.2) is 303 Å². The molecule has 0 N–H and O–H groups in total. The summed E-state index contributed by atoms with van der Waals surface area (Å²) in [5.41, 5.74) is 19.6. The Kier molecular flexibility index (Phi) is 13.2. The van der Waals surface area contributed by atoms with Crippen LogP contribution >= 0.6 is 0 Å². The molecule has 4 unspecified atom stereocenters. The smallest absolute Gasteiger partial charge is 0.164 e. The quantitative estimate of drug-likeness (QED) is 0.141. The van der Waals surface area contributed by atoms with Crippen molar-refractivity contribution in [2.45, 2.75) is 24.0 Å². The van der Waals surface area contributed by atoms with Gasteiger partial charge in [-0.15, -0.1) is 0 Å². The summed E-state index contributed by atoms with van der Waals surface area (Å²) in [4.78, 5) is 30.3. The second-order valence-corrected chi connectivity index (χ2v) is 23.9. The molecule has 4 atom stereocenters. The Morgan fingerprint density at radius 3 is 0.957 bits per heavy atom. The molecule has 15 aromatic rings. The fraction of sp³-hybridized carbons (Fsp3) is 0.0476. The number of hydrogen-bond donors (Lipinski definition) is 0. The molecule has 0 fully saturated rings. The molecule has 4 aliphatic rings. The summed E-state index contributed by atoms with van der Waals surface area (Å²) in [5.74, 6) is 5.58. The first-order chi connectivity index (χ1) is 46.6. The van der Waals surface area contributed by atoms with Gasteiger partial charge in [-0.2, -0.15) is 0 Å². The summed E-state index contributed by atoms with van der Waals surface area (Å²) in [7, 11) is 0. The minimum Gasteiger partial charge on any atom is -0.484 e. The zero-order valence-corrected chi connectivity index (χ0v) is 50.7. The van der Waals surface area contributed by atoms with Gasteiger partial charge in [-0.3, -0.25) is 0 Å². The zero-order valence-electron chi connectivity index (χ0n) is 50.7. The van der Waals surface area contributed by atoms with E-state index < -0.39 is 0 Å². The van der Waals surface area contributed by atoms with Crippen molar-refractivity contribution in [3.8, 4) is 102 Å². The van der Waals surface area contributed by atoms with Gasteiger partial charge in [-0.05, 0) is 71.8 Å². The van der Waals surface area contributed by atoms with Crippen LogP contribution in [0.25, 0.3) is 125 Å². The van der Waals surface area contributed by atoms with Gasteiger partial charge in [-0.1, -0.05) is 255 Å². The molecule has 0 amide bonds. The number of para-hydroxylation sites is 4. The number of benzene rings is 11. The SMILES string of the molecule is C1=CC2c3c(cccc3-c3nc(-c4ccccc4)nc(-c4ccc(-c5ccccc5)cc4)n3)OC2c2c1n(-c1ccccc1)c1ccccc21.C1=CC2c3c(cccc3-c3nc(-c4ccccc4)nc(-c4ccccc4)n3)OC2c2c1n(-c1ccccc1)c1ccccc21. The fourth-order valence-corrected chi connectivity index (χ4v) is 14.3. The normalized spacial score (nSPS) is 16.0. The molecule has 2 aliphatic heterocycles. The van der Waals surface area contributed by atoms with Gasteiger partial charge in [0.05, 0.1) is 22.4 Å². The molecular weight excluding hydrogens is 1150 g/mol. The first-order valence-electron chi connectivity index (χ1n) is 31.8. The summed E-state index contributed by atoms with van der Waals surface area (Å²) in [5, 5.41) is 2.41. The van der Waals surface area contributed by atoms with E-state index in [4.69, 9.17) is 39.4 Å². The van der Waals surface area contributed by atoms with Crippen LogP contribution in [0, 0.1) is 0 Å². The van der Waals surface area contributed by atoms with Gasteiger partial charge in [0, 0.05) is 89.6 Å². The minimum atomic E-state index is -0.179. The molecule has 10 nitrogen and oxygen atoms in total. The van der Waals surface area contributed by atoms with E-state index in [1.807, 2.05) is 109 Å². The monoisotopic (exact) mass is 1210 g/mol. The largest absolute Gasteiger partial charge is 0.484 e. The van der Waals surface area contributed by atoms with Crippen molar-refractivity contribution in [1.82, 2.24) is 39.0 Å². The lowest BCUT2D eigenvalue weighted by Crippen LogP contribution is -2.14. The summed E-state index contributed by atoms with van der Waals surface area (Å²) >= 11 is 0. The van der Waals surface area contributed by atoms with Crippen molar-refractivity contribution >= 4 is 34.0 Å². The van der Waals surface area contributed by atoms with Crippen molar-refractivity contribution in [3.05, 3.63) is 337 Å². The lowest BCUT2D eigenvalue weighted by molar-refractivity contribution is 0.224. The van der Waals surface area contributed by atoms with Crippen LogP contribution < -0.4 is 9.47 Å². The molecule has 444 valence electrons. The summed E-state index contributed by atoms with van der Waals surface area (Å²) < 4.78 is 18.4. The number of nitrogens with zero attached hydrogens (tertiary/aromatic N) is 8. The Bertz CT molecular complexity index is 5390. The van der Waals surface area contributed by atoms with Crippen molar-refractivity contribution < 1.29 is 9.47 Å². The zero-order chi connectivity index (χ0) is 62.1. The molecule has 0 saturated heterocycles. The second kappa shape index (κ2) is 22.8. The third-order valence-corrected chi connectivity index (χ3v) is 18.5. The molecule has 0 spiro atoms. The second-order valence-electron chi connectivity index (χ2n) is 23.9. The van der Waals surface area contributed by atoms with Gasteiger partial charge < -0.3 is 18.6 Å². The third kappa shape index (κ3) is 9.33. The maximum absolute atomic E-state index is 6.91. The van der Waals surface area contributed by atoms with E-state index in [1.165, 1.54) is 38.5 Å². The molecule has 4 aromatic heterocycles. The molecular formula is C84H56N8O2. The van der Waals surface area contributed by atoms with Crippen LogP contribution in [-0.2, 0) is 0 Å². The molecule has 94 heavy (non-hydrogen) atoms. The first kappa shape index (κ1) is 54.5. The lowest BCUT2D eigenvalue weighted by atomic mass is 9.83. The molecule has 2 aliphatic carbocycles. The Balaban J connectivity index is 0.000000139. The van der Waals surface area contributed by atoms with Crippen LogP contribution in [0.1, 0.15) is 57.7 Å². The molecule has 10 heteroatoms. The minimum absolute atomic E-state index is 0.00530. The molecule has 0 radical (unpaired) electrons. The van der Waals surface area contributed by atoms with E-state index in [1.54, 1.807) is 0 Å². The maximum Gasteiger partial charge on any atom is 0.164 e. The van der Waals surface area contributed by atoms with Crippen LogP contribution in [0.5, 0.6) is 11.5 Å². The maximum atomic E-state index is 6.91. The number of aromatic nitrogens is 8. The van der Waals surface area contributed by atoms with Gasteiger partial charge >= 0.3 is 0 Å². The van der Waals surface area contributed by atoms with E-state index in [0.29, 0.717) is 34.9 Å². The van der Waals surface area contributed by atoms with Gasteiger partial charge in [0.15, 0.2) is 34.9 Å². The molecule has 6 heterocycles. The van der Waals surface area contributed by atoms with Crippen LogP contribution in [0.4, 0.5) is 0 Å². The van der Waals surface area contributed by atoms with E-state index in [9.17, 15) is 0 Å². The average Bonchev–Trinajstić information content (AvgIpc) is 1.56. The average molecular weight is 1210 g/mol. The predicted octanol–water partition coefficient (Wildman–Crippen LogP) is 19.8. The standard InChI is InChI=1S/C45H30N4O.C39H26N4O/c1-4-13-29(14-5-1)30-23-25-32(26-24-30)44-46-43(31-15-6-2-7-16-31)47-45(48-44)36-20-12-22-39-40(36)35-27-28-38-41(42(35)50-39)34-19-10-11-21-37(34)49(38)33-17-8-3-9-18-33;1-4-13-25(14-5-1)37-40-38(26-15-6-2-7-16-26)42-39(41-37)30-20-12-22-33-34(30)29-23-24-32-35(36(29)44-33)28-19-10-11-21-31(28)43(32)27-17-8-3-9-18-27/h1-28,35,42H;1-24,29,36H. The molecule has 19 rings (SSSR count). The highest BCUT2D eigenvalue weighted by atomic mass is 16.5. The Hall–Kier alpha value is -12.4. The van der Waals surface area contributed by atoms with Crippen LogP contribution in [0.2, 0.25) is 0 Å². The third-order valence-electron chi connectivity index (χ3n) is 18.5. The van der Waals surface area contributed by atoms with Crippen molar-refractivity contribution in [2.24, 2.45) is 0 Å². The highest BCUT2D eigenvalue weighted by Gasteiger charge is 2.44. The fourth-order valence-electron chi connectivity index (χ4n) is 14.3. The number of hydrogen-bond acceptors (Lipinski definition) is 8. The summed E-state index contributed by atoms with van der Waals surface area (Å²) in [6.07, 6.45) is 8.77. The molecule has 0 bridgehead atoms. The van der Waals surface area contributed by atoms with E-state index in [2.05, 4.69) is 215 Å². The predicted molar refractivity (Wildman–Crippen MR) is 375 cm³/mol. The lowest BCUT2D eigenvalue weighted by Gasteiger charge is -2.22.